The van der Waals surface area contributed by atoms with Crippen molar-refractivity contribution in [2.24, 2.45) is 5.92 Å². The Morgan fingerprint density at radius 2 is 1.93 bits per heavy atom. The highest BCUT2D eigenvalue weighted by molar-refractivity contribution is 5.84. The van der Waals surface area contributed by atoms with Crippen LogP contribution in [0.25, 0.3) is 17.1 Å². The van der Waals surface area contributed by atoms with Crippen LogP contribution >= 0.6 is 0 Å². The lowest BCUT2D eigenvalue weighted by molar-refractivity contribution is 0.0490. The fourth-order valence-corrected chi connectivity index (χ4v) is 3.45. The predicted octanol–water partition coefficient (Wildman–Crippen LogP) is 4.74. The first kappa shape index (κ1) is 20.1. The van der Waals surface area contributed by atoms with Crippen molar-refractivity contribution >= 4 is 23.2 Å². The van der Waals surface area contributed by atoms with E-state index in [1.807, 2.05) is 39.0 Å². The molecule has 1 N–H and O–H groups in total. The number of rotatable bonds is 4. The number of methoxy groups -OCH3 is 1. The minimum absolute atomic E-state index is 0.187. The number of hydrogen-bond acceptors (Lipinski definition) is 5. The summed E-state index contributed by atoms with van der Waals surface area (Å²) in [5.74, 6) is 1.08. The number of carbonyl (C=O) groups is 1. The zero-order valence-corrected chi connectivity index (χ0v) is 17.1. The third-order valence-electron chi connectivity index (χ3n) is 4.84. The highest BCUT2D eigenvalue weighted by Crippen LogP contribution is 2.27. The van der Waals surface area contributed by atoms with E-state index in [4.69, 9.17) is 9.47 Å². The summed E-state index contributed by atoms with van der Waals surface area (Å²) in [6.45, 7) is 5.63. The monoisotopic (exact) mass is 383 g/mol. The fourth-order valence-electron chi connectivity index (χ4n) is 3.45. The molecule has 1 amide bonds. The zero-order chi connectivity index (χ0) is 20.1. The molecule has 3 rings (SSSR count). The van der Waals surface area contributed by atoms with Crippen molar-refractivity contribution in [3.8, 4) is 5.88 Å². The van der Waals surface area contributed by atoms with Crippen LogP contribution < -0.4 is 10.1 Å². The van der Waals surface area contributed by atoms with Crippen molar-refractivity contribution in [3.05, 3.63) is 36.0 Å². The lowest BCUT2D eigenvalue weighted by Gasteiger charge is -2.28. The molecule has 0 spiro atoms. The molecule has 0 saturated heterocycles. The van der Waals surface area contributed by atoms with Gasteiger partial charge in [0.15, 0.2) is 0 Å². The Bertz CT molecular complexity index is 850. The third kappa shape index (κ3) is 5.44. The summed E-state index contributed by atoms with van der Waals surface area (Å²) in [4.78, 5) is 20.8. The summed E-state index contributed by atoms with van der Waals surface area (Å²) in [7, 11) is 1.61. The highest BCUT2D eigenvalue weighted by atomic mass is 16.6. The van der Waals surface area contributed by atoms with Gasteiger partial charge >= 0.3 is 6.09 Å². The second kappa shape index (κ2) is 8.59. The first-order chi connectivity index (χ1) is 13.3. The Morgan fingerprint density at radius 1 is 1.18 bits per heavy atom. The van der Waals surface area contributed by atoms with Gasteiger partial charge in [-0.2, -0.15) is 0 Å². The number of ether oxygens (including phenoxy) is 2. The molecule has 0 radical (unpaired) electrons. The number of carbonyl (C=O) groups excluding carboxylic acids is 1. The quantitative estimate of drug-likeness (QED) is 0.826. The fraction of sp³-hybridized carbons (Fsp3) is 0.500. The SMILES string of the molecule is COc1ccc2nccc(/C=C/C3CCC(NC(=O)OC(C)(C)C)CC3)c2n1. The molecule has 6 nitrogen and oxygen atoms in total. The smallest absolute Gasteiger partial charge is 0.407 e. The Hall–Kier alpha value is -2.63. The summed E-state index contributed by atoms with van der Waals surface area (Å²) in [5.41, 5.74) is 2.28. The van der Waals surface area contributed by atoms with Gasteiger partial charge in [-0.25, -0.2) is 9.78 Å². The van der Waals surface area contributed by atoms with E-state index >= 15 is 0 Å². The number of amides is 1. The number of nitrogens with zero attached hydrogens (tertiary/aromatic N) is 2. The molecule has 1 aliphatic rings. The predicted molar refractivity (Wildman–Crippen MR) is 110 cm³/mol. The molecule has 6 heteroatoms. The molecule has 2 aromatic rings. The average Bonchev–Trinajstić information content (AvgIpc) is 2.65. The van der Waals surface area contributed by atoms with Crippen LogP contribution in [0.15, 0.2) is 30.5 Å². The maximum absolute atomic E-state index is 11.9. The molecule has 0 aromatic carbocycles. The zero-order valence-electron chi connectivity index (χ0n) is 17.1. The number of alkyl carbamates (subject to hydrolysis) is 1. The van der Waals surface area contributed by atoms with E-state index in [-0.39, 0.29) is 12.1 Å². The van der Waals surface area contributed by atoms with Gasteiger partial charge < -0.3 is 14.8 Å². The third-order valence-corrected chi connectivity index (χ3v) is 4.84. The topological polar surface area (TPSA) is 73.3 Å². The van der Waals surface area contributed by atoms with Gasteiger partial charge in [-0.05, 0) is 64.5 Å². The van der Waals surface area contributed by atoms with Crippen LogP contribution in [0.3, 0.4) is 0 Å². The number of nitrogens with one attached hydrogen (secondary N) is 1. The molecule has 0 bridgehead atoms. The molecule has 1 aliphatic carbocycles. The average molecular weight is 383 g/mol. The van der Waals surface area contributed by atoms with Gasteiger partial charge in [-0.1, -0.05) is 12.2 Å². The largest absolute Gasteiger partial charge is 0.481 e. The van der Waals surface area contributed by atoms with Gasteiger partial charge in [-0.15, -0.1) is 0 Å². The van der Waals surface area contributed by atoms with E-state index in [2.05, 4.69) is 27.4 Å². The van der Waals surface area contributed by atoms with Crippen LogP contribution in [0.4, 0.5) is 4.79 Å². The Labute approximate surface area is 166 Å². The second-order valence-electron chi connectivity index (χ2n) is 8.24. The van der Waals surface area contributed by atoms with Crippen molar-refractivity contribution in [2.45, 2.75) is 58.1 Å². The van der Waals surface area contributed by atoms with Gasteiger partial charge in [0.2, 0.25) is 5.88 Å². The summed E-state index contributed by atoms with van der Waals surface area (Å²) in [6, 6.07) is 5.90. The first-order valence-corrected chi connectivity index (χ1v) is 9.81. The molecule has 28 heavy (non-hydrogen) atoms. The van der Waals surface area contributed by atoms with E-state index in [0.29, 0.717) is 11.8 Å². The van der Waals surface area contributed by atoms with Gasteiger partial charge in [-0.3, -0.25) is 4.98 Å². The van der Waals surface area contributed by atoms with Crippen LogP contribution in [0.1, 0.15) is 52.0 Å². The minimum atomic E-state index is -0.464. The number of fused-ring (bicyclic) bond motifs is 1. The standard InChI is InChI=1S/C22H29N3O3/c1-22(2,3)28-21(26)24-17-9-6-15(7-10-17)5-8-16-13-14-23-18-11-12-19(27-4)25-20(16)18/h5,8,11-15,17H,6-7,9-10H2,1-4H3,(H,24,26)/b8-5+. The first-order valence-electron chi connectivity index (χ1n) is 9.81. The lowest BCUT2D eigenvalue weighted by Crippen LogP contribution is -2.40. The number of hydrogen-bond donors (Lipinski definition) is 1. The summed E-state index contributed by atoms with van der Waals surface area (Å²) in [6.07, 6.45) is 9.84. The molecule has 1 fully saturated rings. The maximum Gasteiger partial charge on any atom is 0.407 e. The summed E-state index contributed by atoms with van der Waals surface area (Å²) < 4.78 is 10.6. The molecule has 0 unspecified atom stereocenters. The van der Waals surface area contributed by atoms with Crippen molar-refractivity contribution in [1.29, 1.82) is 0 Å². The van der Waals surface area contributed by atoms with Gasteiger partial charge in [0.05, 0.1) is 18.1 Å². The maximum atomic E-state index is 11.9. The van der Waals surface area contributed by atoms with Crippen LogP contribution in [-0.4, -0.2) is 34.8 Å². The number of allylic oxidation sites excluding steroid dienone is 1. The highest BCUT2D eigenvalue weighted by Gasteiger charge is 2.23. The Kier molecular flexibility index (Phi) is 6.17. The Morgan fingerprint density at radius 3 is 2.61 bits per heavy atom. The summed E-state index contributed by atoms with van der Waals surface area (Å²) in [5, 5.41) is 2.99. The number of aromatic nitrogens is 2. The molecule has 0 atom stereocenters. The molecule has 0 aliphatic heterocycles. The molecular formula is C22H29N3O3. The van der Waals surface area contributed by atoms with Crippen LogP contribution in [0.2, 0.25) is 0 Å². The molecule has 2 heterocycles. The van der Waals surface area contributed by atoms with Crippen LogP contribution in [0.5, 0.6) is 5.88 Å². The normalized spacial score (nSPS) is 20.3. The van der Waals surface area contributed by atoms with Crippen molar-refractivity contribution in [2.75, 3.05) is 7.11 Å². The molecule has 2 aromatic heterocycles. The molecule has 150 valence electrons. The van der Waals surface area contributed by atoms with E-state index < -0.39 is 5.60 Å². The molecule has 1 saturated carbocycles. The summed E-state index contributed by atoms with van der Waals surface area (Å²) >= 11 is 0. The van der Waals surface area contributed by atoms with E-state index in [0.717, 1.165) is 42.3 Å². The van der Waals surface area contributed by atoms with E-state index in [9.17, 15) is 4.79 Å². The van der Waals surface area contributed by atoms with Crippen molar-refractivity contribution < 1.29 is 14.3 Å². The van der Waals surface area contributed by atoms with E-state index in [1.54, 1.807) is 13.3 Å². The van der Waals surface area contributed by atoms with Crippen molar-refractivity contribution in [1.82, 2.24) is 15.3 Å². The van der Waals surface area contributed by atoms with Crippen LogP contribution in [-0.2, 0) is 4.74 Å². The Balaban J connectivity index is 1.58. The second-order valence-corrected chi connectivity index (χ2v) is 8.24. The van der Waals surface area contributed by atoms with Gasteiger partial charge in [0, 0.05) is 23.9 Å². The lowest BCUT2D eigenvalue weighted by atomic mass is 9.85. The van der Waals surface area contributed by atoms with Crippen LogP contribution in [0, 0.1) is 5.92 Å². The van der Waals surface area contributed by atoms with Gasteiger partial charge in [0.1, 0.15) is 5.60 Å². The molecular weight excluding hydrogens is 354 g/mol. The van der Waals surface area contributed by atoms with Gasteiger partial charge in [0.25, 0.3) is 0 Å². The van der Waals surface area contributed by atoms with Crippen molar-refractivity contribution in [3.63, 3.8) is 0 Å². The minimum Gasteiger partial charge on any atom is -0.481 e. The number of pyridine rings is 2. The van der Waals surface area contributed by atoms with E-state index in [1.165, 1.54) is 0 Å².